The lowest BCUT2D eigenvalue weighted by atomic mass is 9.92. The van der Waals surface area contributed by atoms with Crippen LogP contribution in [-0.2, 0) is 14.3 Å². The van der Waals surface area contributed by atoms with Gasteiger partial charge >= 0.3 is 5.97 Å². The molecule has 2 aromatic heterocycles. The van der Waals surface area contributed by atoms with Crippen molar-refractivity contribution in [3.63, 3.8) is 0 Å². The number of carbonyl (C=O) groups is 1. The van der Waals surface area contributed by atoms with Crippen LogP contribution in [0.5, 0.6) is 5.75 Å². The number of piperidine rings is 1. The monoisotopic (exact) mass is 677 g/mol. The second kappa shape index (κ2) is 13.7. The number of hydrogen-bond donors (Lipinski definition) is 1. The maximum atomic E-state index is 15.0. The fraction of sp³-hybridized carbons (Fsp3) is 0.474. The van der Waals surface area contributed by atoms with Gasteiger partial charge in [0.15, 0.2) is 6.10 Å². The van der Waals surface area contributed by atoms with Crippen molar-refractivity contribution in [3.05, 3.63) is 70.1 Å². The lowest BCUT2D eigenvalue weighted by molar-refractivity contribution is -0.153. The number of pyridine rings is 1. The molecule has 1 N–H and O–H groups in total. The molecule has 5 heterocycles. The second-order valence-corrected chi connectivity index (χ2v) is 14.2. The number of anilines is 1. The lowest BCUT2D eigenvalue weighted by Crippen LogP contribution is -2.45. The van der Waals surface area contributed by atoms with Gasteiger partial charge in [0, 0.05) is 36.4 Å². The third-order valence-corrected chi connectivity index (χ3v) is 9.93. The molecule has 2 atom stereocenters. The van der Waals surface area contributed by atoms with Gasteiger partial charge < -0.3 is 24.2 Å². The fourth-order valence-electron chi connectivity index (χ4n) is 6.90. The van der Waals surface area contributed by atoms with Crippen LogP contribution < -0.4 is 9.64 Å². The highest BCUT2D eigenvalue weighted by Crippen LogP contribution is 2.42. The SMILES string of the molecule is Cc1cc2c(cc1F)-c1cccc(c1)-c1nc3cc(C)c(C(OC(C)C)C(=O)O)c(n3c1Cl)N1CCC(C)(CC1)OCCCCC(C)O2. The van der Waals surface area contributed by atoms with E-state index in [4.69, 9.17) is 30.8 Å². The third kappa shape index (κ3) is 6.78. The molecule has 256 valence electrons. The Morgan fingerprint density at radius 2 is 1.83 bits per heavy atom. The quantitative estimate of drug-likeness (QED) is 0.231. The Bertz CT molecular complexity index is 1830. The average Bonchev–Trinajstić information content (AvgIpc) is 3.36. The first kappa shape index (κ1) is 34.2. The number of aryl methyl sites for hydroxylation is 2. The van der Waals surface area contributed by atoms with Gasteiger partial charge in [0.2, 0.25) is 0 Å². The van der Waals surface area contributed by atoms with Gasteiger partial charge in [0.25, 0.3) is 0 Å². The van der Waals surface area contributed by atoms with Gasteiger partial charge in [-0.1, -0.05) is 29.8 Å². The number of imidazole rings is 1. The van der Waals surface area contributed by atoms with Crippen LogP contribution in [0, 0.1) is 19.7 Å². The molecular weight excluding hydrogens is 633 g/mol. The molecule has 1 saturated heterocycles. The molecule has 0 aliphatic carbocycles. The Morgan fingerprint density at radius 1 is 1.10 bits per heavy atom. The molecule has 8 nitrogen and oxygen atoms in total. The summed E-state index contributed by atoms with van der Waals surface area (Å²) in [5, 5.41) is 10.8. The summed E-state index contributed by atoms with van der Waals surface area (Å²) >= 11 is 7.28. The molecule has 3 aliphatic rings. The Balaban J connectivity index is 1.57. The molecule has 0 saturated carbocycles. The predicted octanol–water partition coefficient (Wildman–Crippen LogP) is 8.96. The number of ether oxygens (including phenoxy) is 3. The van der Waals surface area contributed by atoms with Crippen LogP contribution in [0.25, 0.3) is 28.0 Å². The van der Waals surface area contributed by atoms with Crippen LogP contribution in [0.4, 0.5) is 10.2 Å². The molecule has 6 bridgehead atoms. The van der Waals surface area contributed by atoms with Gasteiger partial charge in [0.05, 0.1) is 17.8 Å². The maximum Gasteiger partial charge on any atom is 0.337 e. The topological polar surface area (TPSA) is 85.5 Å². The Labute approximate surface area is 286 Å². The van der Waals surface area contributed by atoms with Crippen LogP contribution in [0.15, 0.2) is 42.5 Å². The van der Waals surface area contributed by atoms with Crippen LogP contribution in [-0.4, -0.2) is 58.0 Å². The molecule has 1 fully saturated rings. The first-order valence-corrected chi connectivity index (χ1v) is 17.3. The molecule has 48 heavy (non-hydrogen) atoms. The minimum atomic E-state index is -1.21. The highest BCUT2D eigenvalue weighted by atomic mass is 35.5. The summed E-state index contributed by atoms with van der Waals surface area (Å²) in [7, 11) is 0. The molecule has 0 radical (unpaired) electrons. The van der Waals surface area contributed by atoms with E-state index < -0.39 is 12.1 Å². The van der Waals surface area contributed by atoms with E-state index in [2.05, 4.69) is 11.8 Å². The average molecular weight is 678 g/mol. The maximum absolute atomic E-state index is 15.0. The van der Waals surface area contributed by atoms with Crippen LogP contribution in [0.3, 0.4) is 0 Å². The number of benzene rings is 2. The van der Waals surface area contributed by atoms with Crippen molar-refractivity contribution in [2.75, 3.05) is 24.6 Å². The molecule has 2 aromatic carbocycles. The van der Waals surface area contributed by atoms with Crippen molar-refractivity contribution in [2.24, 2.45) is 0 Å². The van der Waals surface area contributed by atoms with Crippen LogP contribution in [0.2, 0.25) is 5.15 Å². The van der Waals surface area contributed by atoms with E-state index in [1.54, 1.807) is 13.0 Å². The van der Waals surface area contributed by atoms with Gasteiger partial charge in [0.1, 0.15) is 33.9 Å². The highest BCUT2D eigenvalue weighted by molar-refractivity contribution is 6.32. The molecule has 0 spiro atoms. The van der Waals surface area contributed by atoms with Gasteiger partial charge in [-0.15, -0.1) is 0 Å². The number of carboxylic acid groups (broad SMARTS) is 1. The highest BCUT2D eigenvalue weighted by Gasteiger charge is 2.37. The standard InChI is InChI=1S/C38H45ClFN3O5/c1-22(2)47-34(37(44)45)32-24(4)19-31-41-33-27-12-9-11-26(20-27)28-21-29(40)23(3)18-30(28)48-25(5)10-7-8-17-46-38(6)13-15-42(16-14-38)36(32)43(31)35(33)39/h9,11-12,18-22,25,34H,7-8,10,13-17H2,1-6H3,(H,44,45). The van der Waals surface area contributed by atoms with E-state index in [9.17, 15) is 9.90 Å². The van der Waals surface area contributed by atoms with Gasteiger partial charge in [-0.3, -0.25) is 4.40 Å². The fourth-order valence-corrected chi connectivity index (χ4v) is 7.22. The van der Waals surface area contributed by atoms with Crippen molar-refractivity contribution in [1.82, 2.24) is 9.38 Å². The zero-order valence-electron chi connectivity index (χ0n) is 28.6. The van der Waals surface area contributed by atoms with Crippen LogP contribution >= 0.6 is 11.6 Å². The first-order chi connectivity index (χ1) is 22.8. The number of aromatic nitrogens is 2. The minimum Gasteiger partial charge on any atom is -0.490 e. The zero-order valence-corrected chi connectivity index (χ0v) is 29.4. The molecule has 0 amide bonds. The predicted molar refractivity (Wildman–Crippen MR) is 187 cm³/mol. The number of fused-ring (bicyclic) bond motifs is 8. The molecule has 7 rings (SSSR count). The molecule has 10 heteroatoms. The first-order valence-electron chi connectivity index (χ1n) is 16.9. The van der Waals surface area contributed by atoms with Gasteiger partial charge in [-0.2, -0.15) is 0 Å². The molecule has 2 unspecified atom stereocenters. The number of halogens is 2. The van der Waals surface area contributed by atoms with Crippen molar-refractivity contribution < 1.29 is 28.5 Å². The van der Waals surface area contributed by atoms with E-state index in [-0.39, 0.29) is 23.6 Å². The summed E-state index contributed by atoms with van der Waals surface area (Å²) in [6.07, 6.45) is 2.60. The summed E-state index contributed by atoms with van der Waals surface area (Å²) in [6.45, 7) is 13.4. The zero-order chi connectivity index (χ0) is 34.3. The lowest BCUT2D eigenvalue weighted by Gasteiger charge is -2.41. The Morgan fingerprint density at radius 3 is 2.54 bits per heavy atom. The molecular formula is C38H45ClFN3O5. The number of nitrogens with zero attached hydrogens (tertiary/aromatic N) is 3. The third-order valence-electron chi connectivity index (χ3n) is 9.58. The van der Waals surface area contributed by atoms with Crippen molar-refractivity contribution >= 4 is 29.0 Å². The van der Waals surface area contributed by atoms with Crippen molar-refractivity contribution in [3.8, 4) is 28.1 Å². The van der Waals surface area contributed by atoms with E-state index >= 15 is 4.39 Å². The second-order valence-electron chi connectivity index (χ2n) is 13.8. The number of carboxylic acids is 1. The number of hydrogen-bond acceptors (Lipinski definition) is 6. The van der Waals surface area contributed by atoms with Crippen molar-refractivity contribution in [2.45, 2.75) is 97.6 Å². The van der Waals surface area contributed by atoms with Gasteiger partial charge in [-0.25, -0.2) is 14.2 Å². The normalized spacial score (nSPS) is 20.9. The number of rotatable bonds is 4. The van der Waals surface area contributed by atoms with E-state index in [1.165, 1.54) is 6.07 Å². The van der Waals surface area contributed by atoms with Gasteiger partial charge in [-0.05, 0) is 115 Å². The summed E-state index contributed by atoms with van der Waals surface area (Å²) in [4.78, 5) is 20.0. The summed E-state index contributed by atoms with van der Waals surface area (Å²) in [6, 6.07) is 12.9. The summed E-state index contributed by atoms with van der Waals surface area (Å²) < 4.78 is 35.9. The van der Waals surface area contributed by atoms with Crippen molar-refractivity contribution in [1.29, 1.82) is 0 Å². The molecule has 3 aliphatic heterocycles. The van der Waals surface area contributed by atoms with E-state index in [0.717, 1.165) is 48.8 Å². The largest absolute Gasteiger partial charge is 0.490 e. The number of aliphatic carboxylic acids is 1. The Kier molecular flexibility index (Phi) is 9.76. The summed E-state index contributed by atoms with van der Waals surface area (Å²) in [5.41, 5.74) is 4.81. The van der Waals surface area contributed by atoms with E-state index in [0.29, 0.717) is 64.4 Å². The smallest absolute Gasteiger partial charge is 0.337 e. The van der Waals surface area contributed by atoms with Crippen LogP contribution in [0.1, 0.15) is 82.6 Å². The minimum absolute atomic E-state index is 0.0701. The molecule has 4 aromatic rings. The Hall–Kier alpha value is -3.66. The van der Waals surface area contributed by atoms with E-state index in [1.807, 2.05) is 62.4 Å². The summed E-state index contributed by atoms with van der Waals surface area (Å²) in [5.74, 6) is -0.0921.